The molecule has 0 unspecified atom stereocenters. The third-order valence-electron chi connectivity index (χ3n) is 5.47. The first-order chi connectivity index (χ1) is 18.1. The fourth-order valence-electron chi connectivity index (χ4n) is 3.49. The van der Waals surface area contributed by atoms with Crippen LogP contribution in [0.3, 0.4) is 0 Å². The highest BCUT2D eigenvalue weighted by atomic mass is 16.6. The number of phenols is 4. The van der Waals surface area contributed by atoms with Gasteiger partial charge in [0.1, 0.15) is 0 Å². The zero-order valence-corrected chi connectivity index (χ0v) is 20.5. The number of methoxy groups -OCH3 is 2. The highest BCUT2D eigenvalue weighted by molar-refractivity contribution is 5.91. The van der Waals surface area contributed by atoms with Crippen molar-refractivity contribution in [3.8, 4) is 34.5 Å². The Balaban J connectivity index is 1.82. The summed E-state index contributed by atoms with van der Waals surface area (Å²) >= 11 is 0. The number of ether oxygens (including phenoxy) is 3. The SMILES string of the molecule is COc1cc(C[C@@H](OC(=O)/C=C/c2ccc(OC)c(O)c2/C=C/c2ccc(O)c(O)c2)C(=O)O)ccc1O. The summed E-state index contributed by atoms with van der Waals surface area (Å²) in [4.78, 5) is 24.2. The number of aromatic hydroxyl groups is 4. The van der Waals surface area contributed by atoms with Crippen LogP contribution < -0.4 is 9.47 Å². The highest BCUT2D eigenvalue weighted by Crippen LogP contribution is 2.35. The summed E-state index contributed by atoms with van der Waals surface area (Å²) < 4.78 is 15.3. The van der Waals surface area contributed by atoms with Crippen molar-refractivity contribution in [2.75, 3.05) is 14.2 Å². The van der Waals surface area contributed by atoms with Crippen molar-refractivity contribution in [3.05, 3.63) is 76.9 Å². The van der Waals surface area contributed by atoms with Gasteiger partial charge < -0.3 is 39.7 Å². The third kappa shape index (κ3) is 6.76. The number of benzene rings is 3. The van der Waals surface area contributed by atoms with Crippen LogP contribution in [0.5, 0.6) is 34.5 Å². The van der Waals surface area contributed by atoms with E-state index in [1.165, 1.54) is 62.8 Å². The molecule has 0 aromatic heterocycles. The average molecular weight is 523 g/mol. The zero-order valence-electron chi connectivity index (χ0n) is 20.5. The molecule has 0 spiro atoms. The quantitative estimate of drug-likeness (QED) is 0.114. The van der Waals surface area contributed by atoms with E-state index in [0.29, 0.717) is 16.7 Å². The lowest BCUT2D eigenvalue weighted by molar-refractivity contribution is -0.160. The molecule has 198 valence electrons. The molecule has 0 radical (unpaired) electrons. The molecule has 1 atom stereocenters. The van der Waals surface area contributed by atoms with Gasteiger partial charge in [-0.15, -0.1) is 0 Å². The number of carbonyl (C=O) groups is 2. The Kier molecular flexibility index (Phi) is 8.83. The minimum absolute atomic E-state index is 0.113. The Morgan fingerprint density at radius 2 is 1.53 bits per heavy atom. The van der Waals surface area contributed by atoms with E-state index in [4.69, 9.17) is 14.2 Å². The lowest BCUT2D eigenvalue weighted by Crippen LogP contribution is -2.28. The normalized spacial score (nSPS) is 11.9. The number of carboxylic acid groups (broad SMARTS) is 1. The lowest BCUT2D eigenvalue weighted by Gasteiger charge is -2.14. The van der Waals surface area contributed by atoms with E-state index >= 15 is 0 Å². The van der Waals surface area contributed by atoms with Gasteiger partial charge in [-0.2, -0.15) is 0 Å². The summed E-state index contributed by atoms with van der Waals surface area (Å²) in [6, 6.07) is 11.5. The molecule has 0 saturated carbocycles. The van der Waals surface area contributed by atoms with Gasteiger partial charge >= 0.3 is 11.9 Å². The van der Waals surface area contributed by atoms with Crippen molar-refractivity contribution in [2.45, 2.75) is 12.5 Å². The predicted molar refractivity (Wildman–Crippen MR) is 138 cm³/mol. The van der Waals surface area contributed by atoms with Gasteiger partial charge in [-0.3, -0.25) is 0 Å². The maximum Gasteiger partial charge on any atom is 0.345 e. The van der Waals surface area contributed by atoms with Crippen LogP contribution in [0, 0.1) is 0 Å². The number of hydrogen-bond acceptors (Lipinski definition) is 9. The van der Waals surface area contributed by atoms with Crippen molar-refractivity contribution in [2.24, 2.45) is 0 Å². The number of carboxylic acids is 1. The summed E-state index contributed by atoms with van der Waals surface area (Å²) in [5, 5.41) is 49.1. The largest absolute Gasteiger partial charge is 0.504 e. The van der Waals surface area contributed by atoms with Crippen molar-refractivity contribution in [3.63, 3.8) is 0 Å². The number of esters is 1. The van der Waals surface area contributed by atoms with Gasteiger partial charge in [0.25, 0.3) is 0 Å². The Labute approximate surface area is 217 Å². The summed E-state index contributed by atoms with van der Waals surface area (Å²) in [6.45, 7) is 0. The third-order valence-corrected chi connectivity index (χ3v) is 5.47. The fourth-order valence-corrected chi connectivity index (χ4v) is 3.49. The van der Waals surface area contributed by atoms with E-state index in [0.717, 1.165) is 6.08 Å². The second-order valence-corrected chi connectivity index (χ2v) is 8.01. The van der Waals surface area contributed by atoms with Crippen LogP contribution >= 0.6 is 0 Å². The first-order valence-corrected chi connectivity index (χ1v) is 11.2. The van der Waals surface area contributed by atoms with Crippen LogP contribution in [0.15, 0.2) is 54.6 Å². The number of phenolic OH excluding ortho intramolecular Hbond substituents is 4. The first kappa shape index (κ1) is 27.5. The van der Waals surface area contributed by atoms with Crippen LogP contribution in [-0.4, -0.2) is 57.8 Å². The average Bonchev–Trinajstić information content (AvgIpc) is 2.89. The predicted octanol–water partition coefficient (Wildman–Crippen LogP) is 3.95. The Morgan fingerprint density at radius 3 is 2.18 bits per heavy atom. The molecular weight excluding hydrogens is 496 g/mol. The molecule has 38 heavy (non-hydrogen) atoms. The highest BCUT2D eigenvalue weighted by Gasteiger charge is 2.22. The van der Waals surface area contributed by atoms with Crippen LogP contribution in [0.25, 0.3) is 18.2 Å². The standard InChI is InChI=1S/C28H26O10/c1-36-23-11-6-18(19(27(23)33)8-3-16-4-9-20(29)22(31)13-16)7-12-26(32)38-25(28(34)35)15-17-5-10-21(30)24(14-17)37-2/h3-14,25,29-31,33H,15H2,1-2H3,(H,34,35)/b8-3+,12-7+/t25-/m1/s1. The van der Waals surface area contributed by atoms with Gasteiger partial charge in [0, 0.05) is 18.1 Å². The maximum absolute atomic E-state index is 12.5. The lowest BCUT2D eigenvalue weighted by atomic mass is 10.0. The molecule has 0 saturated heterocycles. The van der Waals surface area contributed by atoms with Crippen molar-refractivity contribution >= 4 is 30.2 Å². The Hall–Kier alpha value is -5.12. The Bertz CT molecular complexity index is 1390. The summed E-state index contributed by atoms with van der Waals surface area (Å²) in [5.74, 6) is -2.89. The molecule has 3 aromatic rings. The van der Waals surface area contributed by atoms with Gasteiger partial charge in [-0.25, -0.2) is 9.59 Å². The number of rotatable bonds is 10. The van der Waals surface area contributed by atoms with E-state index in [2.05, 4.69) is 0 Å². The van der Waals surface area contributed by atoms with Crippen LogP contribution in [0.4, 0.5) is 0 Å². The fraction of sp³-hybridized carbons (Fsp3) is 0.143. The molecule has 5 N–H and O–H groups in total. The monoisotopic (exact) mass is 522 g/mol. The summed E-state index contributed by atoms with van der Waals surface area (Å²) in [5.41, 5.74) is 1.64. The minimum atomic E-state index is -1.51. The van der Waals surface area contributed by atoms with Gasteiger partial charge in [0.05, 0.1) is 14.2 Å². The smallest absolute Gasteiger partial charge is 0.345 e. The molecule has 10 nitrogen and oxygen atoms in total. The van der Waals surface area contributed by atoms with E-state index in [-0.39, 0.29) is 46.5 Å². The maximum atomic E-state index is 12.5. The summed E-state index contributed by atoms with van der Waals surface area (Å²) in [6.07, 6.45) is 3.79. The zero-order chi connectivity index (χ0) is 27.8. The summed E-state index contributed by atoms with van der Waals surface area (Å²) in [7, 11) is 2.73. The molecule has 0 aliphatic heterocycles. The second-order valence-electron chi connectivity index (χ2n) is 8.01. The topological polar surface area (TPSA) is 163 Å². The van der Waals surface area contributed by atoms with Gasteiger partial charge in [0.2, 0.25) is 6.10 Å². The molecule has 0 aliphatic rings. The van der Waals surface area contributed by atoms with Crippen LogP contribution in [-0.2, 0) is 20.7 Å². The van der Waals surface area contributed by atoms with E-state index in [9.17, 15) is 35.1 Å². The van der Waals surface area contributed by atoms with Crippen molar-refractivity contribution < 1.29 is 49.3 Å². The minimum Gasteiger partial charge on any atom is -0.504 e. The van der Waals surface area contributed by atoms with Crippen LogP contribution in [0.2, 0.25) is 0 Å². The van der Waals surface area contributed by atoms with E-state index in [1.54, 1.807) is 18.2 Å². The molecule has 0 heterocycles. The number of aliphatic carboxylic acids is 1. The first-order valence-electron chi connectivity index (χ1n) is 11.2. The van der Waals surface area contributed by atoms with Crippen molar-refractivity contribution in [1.82, 2.24) is 0 Å². The van der Waals surface area contributed by atoms with Crippen molar-refractivity contribution in [1.29, 1.82) is 0 Å². The molecule has 3 rings (SSSR count). The molecule has 3 aromatic carbocycles. The molecule has 0 amide bonds. The number of hydrogen-bond donors (Lipinski definition) is 5. The van der Waals surface area contributed by atoms with E-state index in [1.807, 2.05) is 0 Å². The number of carbonyl (C=O) groups excluding carboxylic acids is 1. The molecule has 0 fully saturated rings. The molecule has 0 aliphatic carbocycles. The van der Waals surface area contributed by atoms with E-state index < -0.39 is 18.0 Å². The Morgan fingerprint density at radius 1 is 0.816 bits per heavy atom. The molecular formula is C28H26O10. The molecule has 0 bridgehead atoms. The second kappa shape index (κ2) is 12.2. The van der Waals surface area contributed by atoms with Gasteiger partial charge in [0.15, 0.2) is 34.5 Å². The van der Waals surface area contributed by atoms with Gasteiger partial charge in [-0.1, -0.05) is 24.3 Å². The van der Waals surface area contributed by atoms with Gasteiger partial charge in [-0.05, 0) is 59.2 Å². The van der Waals surface area contributed by atoms with Crippen LogP contribution in [0.1, 0.15) is 22.3 Å². The molecule has 10 heteroatoms.